The van der Waals surface area contributed by atoms with Gasteiger partial charge in [-0.15, -0.1) is 0 Å². The molecule has 1 saturated heterocycles. The first kappa shape index (κ1) is 26.9. The third-order valence-electron chi connectivity index (χ3n) is 6.19. The Labute approximate surface area is 214 Å². The van der Waals surface area contributed by atoms with E-state index in [1.165, 1.54) is 0 Å². The van der Waals surface area contributed by atoms with Crippen LogP contribution in [0.2, 0.25) is 0 Å². The number of hydrogen-bond acceptors (Lipinski definition) is 5. The molecule has 0 radical (unpaired) electrons. The van der Waals surface area contributed by atoms with E-state index in [0.717, 1.165) is 16.7 Å². The van der Waals surface area contributed by atoms with Gasteiger partial charge in [-0.3, -0.25) is 0 Å². The highest BCUT2D eigenvalue weighted by Gasteiger charge is 2.55. The molecule has 0 unspecified atom stereocenters. The van der Waals surface area contributed by atoms with Crippen molar-refractivity contribution in [2.45, 2.75) is 56.6 Å². The topological polar surface area (TPSA) is 74.2 Å². The number of alkyl halides is 2. The molecule has 0 amide bonds. The van der Waals surface area contributed by atoms with Crippen molar-refractivity contribution in [1.82, 2.24) is 0 Å². The van der Waals surface area contributed by atoms with Gasteiger partial charge in [0.15, 0.2) is 0 Å². The monoisotopic (exact) mass is 512 g/mol. The predicted octanol–water partition coefficient (Wildman–Crippen LogP) is 5.25. The second-order valence-corrected chi connectivity index (χ2v) is 8.92. The molecule has 3 aromatic carbocycles. The predicted molar refractivity (Wildman–Crippen MR) is 132 cm³/mol. The summed E-state index contributed by atoms with van der Waals surface area (Å²) >= 11 is 0. The minimum absolute atomic E-state index is 0.0776. The Balaban J connectivity index is 1.54. The van der Waals surface area contributed by atoms with Gasteiger partial charge in [-0.05, 0) is 16.7 Å². The van der Waals surface area contributed by atoms with Crippen molar-refractivity contribution >= 4 is 5.97 Å². The summed E-state index contributed by atoms with van der Waals surface area (Å²) in [5.74, 6) is -6.34. The fourth-order valence-corrected chi connectivity index (χ4v) is 4.22. The Morgan fingerprint density at radius 3 is 1.81 bits per heavy atom. The summed E-state index contributed by atoms with van der Waals surface area (Å²) in [6.07, 6.45) is -4.83. The van der Waals surface area contributed by atoms with Gasteiger partial charge in [-0.1, -0.05) is 91.0 Å². The summed E-state index contributed by atoms with van der Waals surface area (Å²) in [5.41, 5.74) is 2.66. The van der Waals surface area contributed by atoms with E-state index in [0.29, 0.717) is 0 Å². The van der Waals surface area contributed by atoms with Crippen molar-refractivity contribution in [3.05, 3.63) is 108 Å². The number of carboxylic acid groups (broad SMARTS) is 1. The minimum atomic E-state index is -4.10. The fraction of sp³-hybridized carbons (Fsp3) is 0.345. The normalized spacial score (nSPS) is 22.0. The zero-order valence-electron chi connectivity index (χ0n) is 20.2. The molecular formula is C29H30F2O6. The van der Waals surface area contributed by atoms with Crippen LogP contribution in [0.25, 0.3) is 0 Å². The average molecular weight is 513 g/mol. The van der Waals surface area contributed by atoms with E-state index in [1.807, 2.05) is 91.0 Å². The van der Waals surface area contributed by atoms with Gasteiger partial charge in [0.1, 0.15) is 18.3 Å². The van der Waals surface area contributed by atoms with Gasteiger partial charge < -0.3 is 24.1 Å². The van der Waals surface area contributed by atoms with Gasteiger partial charge >= 0.3 is 11.9 Å². The Kier molecular flexibility index (Phi) is 9.35. The second kappa shape index (κ2) is 12.9. The summed E-state index contributed by atoms with van der Waals surface area (Å²) < 4.78 is 53.1. The summed E-state index contributed by atoms with van der Waals surface area (Å²) in [7, 11) is 0. The highest BCUT2D eigenvalue weighted by atomic mass is 19.3. The Morgan fingerprint density at radius 2 is 1.30 bits per heavy atom. The molecule has 8 heteroatoms. The van der Waals surface area contributed by atoms with Crippen molar-refractivity contribution in [1.29, 1.82) is 0 Å². The van der Waals surface area contributed by atoms with Crippen LogP contribution in [-0.4, -0.2) is 48.0 Å². The summed E-state index contributed by atoms with van der Waals surface area (Å²) in [6, 6.07) is 28.1. The van der Waals surface area contributed by atoms with Crippen LogP contribution < -0.4 is 0 Å². The van der Waals surface area contributed by atoms with Gasteiger partial charge in [-0.2, -0.15) is 8.78 Å². The number of halogens is 2. The lowest BCUT2D eigenvalue weighted by atomic mass is 9.94. The first-order valence-electron chi connectivity index (χ1n) is 12.1. The molecule has 1 N–H and O–H groups in total. The van der Waals surface area contributed by atoms with Crippen LogP contribution >= 0.6 is 0 Å². The maximum atomic E-state index is 14.6. The molecule has 0 spiro atoms. The summed E-state index contributed by atoms with van der Waals surface area (Å²) in [6.45, 7) is 0.516. The molecule has 1 aliphatic heterocycles. The molecule has 6 nitrogen and oxygen atoms in total. The van der Waals surface area contributed by atoms with E-state index in [4.69, 9.17) is 18.9 Å². The molecule has 1 fully saturated rings. The van der Waals surface area contributed by atoms with E-state index in [2.05, 4.69) is 0 Å². The maximum absolute atomic E-state index is 14.6. The fourth-order valence-electron chi connectivity index (χ4n) is 4.22. The molecule has 1 heterocycles. The second-order valence-electron chi connectivity index (χ2n) is 8.92. The minimum Gasteiger partial charge on any atom is -0.477 e. The van der Waals surface area contributed by atoms with Crippen LogP contribution in [0.1, 0.15) is 23.1 Å². The lowest BCUT2D eigenvalue weighted by Crippen LogP contribution is -2.58. The van der Waals surface area contributed by atoms with E-state index in [9.17, 15) is 18.7 Å². The zero-order chi connectivity index (χ0) is 26.1. The largest absolute Gasteiger partial charge is 0.477 e. The Morgan fingerprint density at radius 1 is 0.811 bits per heavy atom. The van der Waals surface area contributed by atoms with Crippen molar-refractivity contribution in [2.75, 3.05) is 6.61 Å². The number of ether oxygens (including phenoxy) is 4. The maximum Gasteiger partial charge on any atom is 0.377 e. The quantitative estimate of drug-likeness (QED) is 0.357. The average Bonchev–Trinajstić information content (AvgIpc) is 2.92. The van der Waals surface area contributed by atoms with Gasteiger partial charge in [-0.25, -0.2) is 4.79 Å². The van der Waals surface area contributed by atoms with Crippen molar-refractivity contribution in [2.24, 2.45) is 0 Å². The van der Waals surface area contributed by atoms with Crippen LogP contribution in [0.15, 0.2) is 91.0 Å². The number of hydrogen-bond donors (Lipinski definition) is 1. The third kappa shape index (κ3) is 7.42. The third-order valence-corrected chi connectivity index (χ3v) is 6.19. The van der Waals surface area contributed by atoms with Crippen LogP contribution in [-0.2, 0) is 43.6 Å². The number of carbonyl (C=O) groups is 1. The first-order valence-corrected chi connectivity index (χ1v) is 12.1. The molecule has 0 bridgehead atoms. The lowest BCUT2D eigenvalue weighted by Gasteiger charge is -2.42. The molecular weight excluding hydrogens is 482 g/mol. The summed E-state index contributed by atoms with van der Waals surface area (Å²) in [5, 5.41) is 9.18. The Hall–Kier alpha value is -3.17. The van der Waals surface area contributed by atoms with Crippen LogP contribution in [0.3, 0.4) is 0 Å². The zero-order valence-corrected chi connectivity index (χ0v) is 20.2. The molecule has 37 heavy (non-hydrogen) atoms. The SMILES string of the molecule is O=C(O)C(F)(F)[C@@H]1C[C@@H](OCc2ccccc2)[C@@H](OCc2ccccc2)[C@@H](COCc2ccccc2)O1. The molecule has 3 aromatic rings. The lowest BCUT2D eigenvalue weighted by molar-refractivity contribution is -0.262. The van der Waals surface area contributed by atoms with E-state index < -0.39 is 36.3 Å². The van der Waals surface area contributed by atoms with E-state index in [-0.39, 0.29) is 32.8 Å². The van der Waals surface area contributed by atoms with Crippen LogP contribution in [0.5, 0.6) is 0 Å². The standard InChI is InChI=1S/C29H30F2O6/c30-29(31,28(32)33)26-16-24(35-18-22-12-6-2-7-13-22)27(36-19-23-14-8-3-9-15-23)25(37-26)20-34-17-21-10-4-1-5-11-21/h1-15,24-27H,16-20H2,(H,32,33)/t24-,25-,26+,27-/m1/s1. The van der Waals surface area contributed by atoms with E-state index >= 15 is 0 Å². The van der Waals surface area contributed by atoms with Gasteiger partial charge in [0, 0.05) is 6.42 Å². The molecule has 0 aromatic heterocycles. The van der Waals surface area contributed by atoms with Gasteiger partial charge in [0.2, 0.25) is 0 Å². The number of benzene rings is 3. The number of aliphatic carboxylic acids is 1. The summed E-state index contributed by atoms with van der Waals surface area (Å²) in [4.78, 5) is 11.4. The molecule has 4 atom stereocenters. The smallest absolute Gasteiger partial charge is 0.377 e. The molecule has 0 saturated carbocycles. The molecule has 196 valence electrons. The highest BCUT2D eigenvalue weighted by Crippen LogP contribution is 2.35. The van der Waals surface area contributed by atoms with Crippen molar-refractivity contribution < 1.29 is 37.6 Å². The molecule has 4 rings (SSSR count). The molecule has 1 aliphatic rings. The van der Waals surface area contributed by atoms with Gasteiger partial charge in [0.05, 0.1) is 32.5 Å². The van der Waals surface area contributed by atoms with E-state index in [1.54, 1.807) is 0 Å². The van der Waals surface area contributed by atoms with Crippen LogP contribution in [0.4, 0.5) is 8.78 Å². The Bertz CT molecular complexity index is 1100. The number of carboxylic acids is 1. The highest BCUT2D eigenvalue weighted by molar-refractivity contribution is 5.76. The van der Waals surface area contributed by atoms with Gasteiger partial charge in [0.25, 0.3) is 0 Å². The van der Waals surface area contributed by atoms with Crippen LogP contribution in [0, 0.1) is 0 Å². The number of rotatable bonds is 12. The van der Waals surface area contributed by atoms with Crippen molar-refractivity contribution in [3.63, 3.8) is 0 Å². The van der Waals surface area contributed by atoms with Crippen molar-refractivity contribution in [3.8, 4) is 0 Å². The first-order chi connectivity index (χ1) is 17.9. The molecule has 0 aliphatic carbocycles.